The Morgan fingerprint density at radius 1 is 0.574 bits per heavy atom. The van der Waals surface area contributed by atoms with E-state index in [0.717, 1.165) is 51.4 Å². The van der Waals surface area contributed by atoms with Gasteiger partial charge < -0.3 is 28.6 Å². The van der Waals surface area contributed by atoms with Crippen LogP contribution in [0.2, 0.25) is 0 Å². The molecule has 0 aromatic carbocycles. The zero-order valence-corrected chi connectivity index (χ0v) is 35.1. The molecule has 0 spiro atoms. The van der Waals surface area contributed by atoms with Gasteiger partial charge in [0.1, 0.15) is 12.6 Å². The average Bonchev–Trinajstić information content (AvgIpc) is 3.12. The molecule has 8 nitrogen and oxygen atoms in total. The molecule has 54 heavy (non-hydrogen) atoms. The fraction of sp³-hybridized carbons (Fsp3) is 0.717. The van der Waals surface area contributed by atoms with E-state index in [2.05, 4.69) is 62.5 Å². The molecule has 0 bridgehead atoms. The maximum atomic E-state index is 12.7. The zero-order valence-electron chi connectivity index (χ0n) is 35.1. The molecule has 0 heterocycles. The van der Waals surface area contributed by atoms with Crippen LogP contribution in [0.3, 0.4) is 0 Å². The summed E-state index contributed by atoms with van der Waals surface area (Å²) in [5, 5.41) is 11.6. The molecule has 2 unspecified atom stereocenters. The number of hydrogen-bond donors (Lipinski definition) is 0. The number of carboxylic acids is 1. The van der Waals surface area contributed by atoms with Crippen molar-refractivity contribution >= 4 is 17.9 Å². The topological polar surface area (TPSA) is 102 Å². The number of allylic oxidation sites excluding steroid dienone is 10. The number of aliphatic carboxylic acids is 1. The fourth-order valence-corrected chi connectivity index (χ4v) is 5.88. The molecule has 0 amide bonds. The van der Waals surface area contributed by atoms with Crippen molar-refractivity contribution in [2.24, 2.45) is 0 Å². The van der Waals surface area contributed by atoms with Gasteiger partial charge in [-0.25, -0.2) is 0 Å². The molecule has 0 aromatic rings. The van der Waals surface area contributed by atoms with Crippen LogP contribution in [0.1, 0.15) is 162 Å². The molecular weight excluding hydrogens is 679 g/mol. The van der Waals surface area contributed by atoms with Gasteiger partial charge in [-0.2, -0.15) is 0 Å². The molecule has 0 N–H and O–H groups in total. The van der Waals surface area contributed by atoms with Crippen molar-refractivity contribution in [2.75, 3.05) is 41.0 Å². The van der Waals surface area contributed by atoms with E-state index >= 15 is 0 Å². The zero-order chi connectivity index (χ0) is 40.0. The summed E-state index contributed by atoms with van der Waals surface area (Å²) in [5.74, 6) is -1.84. The van der Waals surface area contributed by atoms with E-state index in [1.54, 1.807) is 21.1 Å². The number of unbranched alkanes of at least 4 members (excludes halogenated alkanes) is 13. The Labute approximate surface area is 330 Å². The maximum absolute atomic E-state index is 12.7. The molecule has 0 radical (unpaired) electrons. The van der Waals surface area contributed by atoms with E-state index < -0.39 is 18.1 Å². The van der Waals surface area contributed by atoms with Gasteiger partial charge in [0, 0.05) is 19.3 Å². The summed E-state index contributed by atoms with van der Waals surface area (Å²) in [4.78, 5) is 36.8. The number of carbonyl (C=O) groups excluding carboxylic acids is 3. The number of carboxylic acid groups (broad SMARTS) is 1. The third kappa shape index (κ3) is 34.8. The van der Waals surface area contributed by atoms with Gasteiger partial charge >= 0.3 is 11.9 Å². The van der Waals surface area contributed by atoms with Crippen molar-refractivity contribution in [1.82, 2.24) is 0 Å². The first-order valence-electron chi connectivity index (χ1n) is 21.3. The standard InChI is InChI=1S/C46H79NO7/c1-6-8-10-12-14-16-18-20-22-23-25-26-28-30-32-34-36-44(48)53-41-42(40-52-39-38-43(46(50)51)47(3,4)5)54-45(49)37-35-33-31-29-27-24-21-19-17-15-13-11-9-7-2/h8,10,14,16,20,22,25-26,30,32,42-43H,6-7,9,11-13,15,17-19,21,23-24,27-29,31,33-41H2,1-5H3/b10-8+,16-14+,22-20+,26-25+,32-30+. The van der Waals surface area contributed by atoms with Gasteiger partial charge in [0.25, 0.3) is 0 Å². The summed E-state index contributed by atoms with van der Waals surface area (Å²) in [6.45, 7) is 4.46. The Morgan fingerprint density at radius 3 is 1.50 bits per heavy atom. The molecule has 0 rings (SSSR count). The van der Waals surface area contributed by atoms with Gasteiger partial charge in [0.2, 0.25) is 0 Å². The summed E-state index contributed by atoms with van der Waals surface area (Å²) in [5.41, 5.74) is 0. The average molecular weight is 758 g/mol. The van der Waals surface area contributed by atoms with Gasteiger partial charge in [0.05, 0.1) is 40.3 Å². The number of ether oxygens (including phenoxy) is 3. The van der Waals surface area contributed by atoms with Crippen LogP contribution in [-0.2, 0) is 28.6 Å². The lowest BCUT2D eigenvalue weighted by Gasteiger charge is -2.34. The molecule has 8 heteroatoms. The predicted molar refractivity (Wildman–Crippen MR) is 222 cm³/mol. The van der Waals surface area contributed by atoms with Crippen LogP contribution < -0.4 is 5.11 Å². The van der Waals surface area contributed by atoms with Gasteiger partial charge in [-0.1, -0.05) is 158 Å². The molecule has 0 aliphatic rings. The smallest absolute Gasteiger partial charge is 0.306 e. The second-order valence-corrected chi connectivity index (χ2v) is 15.2. The molecule has 0 aliphatic carbocycles. The molecule has 2 atom stereocenters. The van der Waals surface area contributed by atoms with E-state index in [1.165, 1.54) is 70.6 Å². The summed E-state index contributed by atoms with van der Waals surface area (Å²) in [6.07, 6.45) is 44.0. The summed E-state index contributed by atoms with van der Waals surface area (Å²) in [6, 6.07) is -0.736. The van der Waals surface area contributed by atoms with Crippen LogP contribution >= 0.6 is 0 Å². The lowest BCUT2D eigenvalue weighted by Crippen LogP contribution is -2.55. The van der Waals surface area contributed by atoms with Crippen LogP contribution in [0.25, 0.3) is 0 Å². The van der Waals surface area contributed by atoms with E-state index in [4.69, 9.17) is 14.2 Å². The van der Waals surface area contributed by atoms with Crippen molar-refractivity contribution in [1.29, 1.82) is 0 Å². The number of likely N-dealkylation sites (N-methyl/N-ethyl adjacent to an activating group) is 1. The Kier molecular flexibility index (Phi) is 34.9. The highest BCUT2D eigenvalue weighted by atomic mass is 16.6. The summed E-state index contributed by atoms with van der Waals surface area (Å²) < 4.78 is 17.1. The normalized spacial score (nSPS) is 13.6. The monoisotopic (exact) mass is 758 g/mol. The minimum atomic E-state index is -1.14. The van der Waals surface area contributed by atoms with Gasteiger partial charge in [0.15, 0.2) is 6.10 Å². The van der Waals surface area contributed by atoms with E-state index in [1.807, 2.05) is 12.2 Å². The fourth-order valence-electron chi connectivity index (χ4n) is 5.88. The van der Waals surface area contributed by atoms with Crippen molar-refractivity contribution in [3.8, 4) is 0 Å². The summed E-state index contributed by atoms with van der Waals surface area (Å²) >= 11 is 0. The predicted octanol–water partition coefficient (Wildman–Crippen LogP) is 10.1. The highest BCUT2D eigenvalue weighted by molar-refractivity contribution is 5.70. The third-order valence-electron chi connectivity index (χ3n) is 9.18. The van der Waals surface area contributed by atoms with Crippen molar-refractivity contribution < 1.29 is 38.2 Å². The highest BCUT2D eigenvalue weighted by Gasteiger charge is 2.25. The Hall–Kier alpha value is -2.97. The molecule has 0 aliphatic heterocycles. The van der Waals surface area contributed by atoms with Crippen LogP contribution in [-0.4, -0.2) is 75.5 Å². The van der Waals surface area contributed by atoms with Crippen LogP contribution in [0.15, 0.2) is 60.8 Å². The largest absolute Gasteiger partial charge is 0.544 e. The van der Waals surface area contributed by atoms with Crippen LogP contribution in [0.5, 0.6) is 0 Å². The Morgan fingerprint density at radius 2 is 1.04 bits per heavy atom. The van der Waals surface area contributed by atoms with Crippen molar-refractivity contribution in [2.45, 2.75) is 174 Å². The van der Waals surface area contributed by atoms with Gasteiger partial charge in [-0.15, -0.1) is 0 Å². The van der Waals surface area contributed by atoms with Gasteiger partial charge in [-0.05, 0) is 44.9 Å². The number of carbonyl (C=O) groups is 3. The van der Waals surface area contributed by atoms with Crippen molar-refractivity contribution in [3.05, 3.63) is 60.8 Å². The first-order valence-corrected chi connectivity index (χ1v) is 21.3. The molecule has 0 fully saturated rings. The minimum absolute atomic E-state index is 0.0173. The maximum Gasteiger partial charge on any atom is 0.306 e. The van der Waals surface area contributed by atoms with Crippen LogP contribution in [0, 0.1) is 0 Å². The van der Waals surface area contributed by atoms with E-state index in [-0.39, 0.29) is 49.1 Å². The number of nitrogens with zero attached hydrogens (tertiary/aromatic N) is 1. The first-order chi connectivity index (χ1) is 26.1. The highest BCUT2D eigenvalue weighted by Crippen LogP contribution is 2.14. The second-order valence-electron chi connectivity index (χ2n) is 15.2. The molecular formula is C46H79NO7. The molecule has 310 valence electrons. The second kappa shape index (κ2) is 37.0. The Bertz CT molecular complexity index is 1070. The number of rotatable bonds is 37. The quantitative estimate of drug-likeness (QED) is 0.0269. The van der Waals surface area contributed by atoms with Gasteiger partial charge in [-0.3, -0.25) is 9.59 Å². The Balaban J connectivity index is 4.48. The molecule has 0 saturated carbocycles. The number of hydrogen-bond acceptors (Lipinski definition) is 7. The SMILES string of the molecule is CC/C=C/C/C=C/C/C=C/C/C=C/C/C=C/CCC(=O)OCC(COCCC(C(=O)[O-])[N+](C)(C)C)OC(=O)CCCCCCCCCCCCCCCC. The first kappa shape index (κ1) is 51.0. The van der Waals surface area contributed by atoms with E-state index in [0.29, 0.717) is 12.8 Å². The van der Waals surface area contributed by atoms with Crippen molar-refractivity contribution in [3.63, 3.8) is 0 Å². The minimum Gasteiger partial charge on any atom is -0.544 e. The summed E-state index contributed by atoms with van der Waals surface area (Å²) in [7, 11) is 5.38. The lowest BCUT2D eigenvalue weighted by atomic mass is 10.0. The van der Waals surface area contributed by atoms with E-state index in [9.17, 15) is 19.5 Å². The molecule has 0 saturated heterocycles. The lowest BCUT2D eigenvalue weighted by molar-refractivity contribution is -0.889. The third-order valence-corrected chi connectivity index (χ3v) is 9.18. The number of quaternary nitrogens is 1. The number of esters is 2. The molecule has 0 aromatic heterocycles. The van der Waals surface area contributed by atoms with Crippen LogP contribution in [0.4, 0.5) is 0 Å².